The van der Waals surface area contributed by atoms with Crippen LogP contribution in [0, 0.1) is 5.82 Å². The monoisotopic (exact) mass is 360 g/mol. The summed E-state index contributed by atoms with van der Waals surface area (Å²) in [5, 5.41) is 4.38. The van der Waals surface area contributed by atoms with Crippen LogP contribution in [0.4, 0.5) is 4.39 Å². The van der Waals surface area contributed by atoms with E-state index in [1.807, 2.05) is 24.4 Å². The van der Waals surface area contributed by atoms with Crippen LogP contribution in [0.2, 0.25) is 0 Å². The van der Waals surface area contributed by atoms with Crippen molar-refractivity contribution in [3.8, 4) is 11.5 Å². The summed E-state index contributed by atoms with van der Waals surface area (Å²) >= 11 is 0. The molecule has 0 bridgehead atoms. The van der Waals surface area contributed by atoms with E-state index in [0.717, 1.165) is 30.7 Å². The quantitative estimate of drug-likeness (QED) is 0.758. The zero-order chi connectivity index (χ0) is 16.4. The first-order valence-electron chi connectivity index (χ1n) is 8.61. The number of benzene rings is 1. The highest BCUT2D eigenvalue weighted by atomic mass is 35.5. The van der Waals surface area contributed by atoms with E-state index in [1.165, 1.54) is 25.3 Å². The second kappa shape index (κ2) is 7.93. The second-order valence-electron chi connectivity index (χ2n) is 6.39. The number of para-hydroxylation sites is 1. The summed E-state index contributed by atoms with van der Waals surface area (Å²) in [5.41, 5.74) is 1.12. The topological polar surface area (TPSA) is 42.7 Å². The molecule has 1 aliphatic heterocycles. The Kier molecular flexibility index (Phi) is 5.66. The first kappa shape index (κ1) is 17.8. The maximum atomic E-state index is 14.0. The number of aryl methyl sites for hydroxylation is 1. The number of fused-ring (bicyclic) bond motifs is 1. The first-order valence-corrected chi connectivity index (χ1v) is 8.61. The maximum absolute atomic E-state index is 14.0. The number of halogens is 2. The molecule has 3 aromatic rings. The lowest BCUT2D eigenvalue weighted by atomic mass is 10.0. The summed E-state index contributed by atoms with van der Waals surface area (Å²) in [6.45, 7) is 2.01. The molecular formula is C19H22ClFN4. The fourth-order valence-electron chi connectivity index (χ4n) is 3.42. The molecule has 0 amide bonds. The van der Waals surface area contributed by atoms with Crippen LogP contribution in [0.5, 0.6) is 0 Å². The molecule has 4 nitrogen and oxygen atoms in total. The van der Waals surface area contributed by atoms with Crippen LogP contribution in [0.25, 0.3) is 22.4 Å². The third-order valence-electron chi connectivity index (χ3n) is 4.75. The fourth-order valence-corrected chi connectivity index (χ4v) is 3.42. The molecule has 0 aliphatic carbocycles. The minimum Gasteiger partial charge on any atom is -0.330 e. The molecule has 1 fully saturated rings. The number of pyridine rings is 1. The lowest BCUT2D eigenvalue weighted by Gasteiger charge is -2.23. The zero-order valence-electron chi connectivity index (χ0n) is 14.0. The molecule has 1 aromatic carbocycles. The van der Waals surface area contributed by atoms with Gasteiger partial charge in [-0.2, -0.15) is 0 Å². The van der Waals surface area contributed by atoms with Crippen LogP contribution in [0.15, 0.2) is 42.7 Å². The lowest BCUT2D eigenvalue weighted by Crippen LogP contribution is -2.34. The van der Waals surface area contributed by atoms with Gasteiger partial charge in [-0.05, 0) is 37.9 Å². The summed E-state index contributed by atoms with van der Waals surface area (Å²) in [5.74, 6) is 0.509. The van der Waals surface area contributed by atoms with Gasteiger partial charge in [0.25, 0.3) is 0 Å². The largest absolute Gasteiger partial charge is 0.330 e. The van der Waals surface area contributed by atoms with Gasteiger partial charge in [0.1, 0.15) is 17.0 Å². The van der Waals surface area contributed by atoms with Gasteiger partial charge in [-0.25, -0.2) is 14.4 Å². The van der Waals surface area contributed by atoms with Gasteiger partial charge in [-0.3, -0.25) is 0 Å². The Morgan fingerprint density at radius 3 is 2.96 bits per heavy atom. The highest BCUT2D eigenvalue weighted by molar-refractivity contribution is 5.85. The van der Waals surface area contributed by atoms with Gasteiger partial charge in [0.05, 0.1) is 0 Å². The molecule has 0 saturated carbocycles. The van der Waals surface area contributed by atoms with E-state index >= 15 is 0 Å². The molecule has 25 heavy (non-hydrogen) atoms. The molecule has 132 valence electrons. The first-order chi connectivity index (χ1) is 11.8. The van der Waals surface area contributed by atoms with Gasteiger partial charge in [-0.15, -0.1) is 12.4 Å². The molecule has 1 aliphatic rings. The van der Waals surface area contributed by atoms with Crippen LogP contribution < -0.4 is 5.32 Å². The van der Waals surface area contributed by atoms with Crippen molar-refractivity contribution in [1.29, 1.82) is 0 Å². The van der Waals surface area contributed by atoms with Crippen molar-refractivity contribution in [1.82, 2.24) is 19.9 Å². The smallest absolute Gasteiger partial charge is 0.158 e. The van der Waals surface area contributed by atoms with Crippen molar-refractivity contribution in [2.45, 2.75) is 38.3 Å². The van der Waals surface area contributed by atoms with Crippen molar-refractivity contribution in [2.24, 2.45) is 0 Å². The number of hydrogen-bond acceptors (Lipinski definition) is 3. The summed E-state index contributed by atoms with van der Waals surface area (Å²) in [6.07, 6.45) is 8.66. The van der Waals surface area contributed by atoms with Crippen molar-refractivity contribution in [3.05, 3.63) is 48.5 Å². The molecular weight excluding hydrogens is 339 g/mol. The van der Waals surface area contributed by atoms with Crippen molar-refractivity contribution >= 4 is 23.3 Å². The average Bonchev–Trinajstić information content (AvgIpc) is 3.10. The molecule has 0 radical (unpaired) electrons. The van der Waals surface area contributed by atoms with E-state index < -0.39 is 0 Å². The van der Waals surface area contributed by atoms with Gasteiger partial charge in [0, 0.05) is 30.4 Å². The van der Waals surface area contributed by atoms with Gasteiger partial charge < -0.3 is 9.88 Å². The van der Waals surface area contributed by atoms with Crippen molar-refractivity contribution in [3.63, 3.8) is 0 Å². The Bertz CT molecular complexity index is 842. The van der Waals surface area contributed by atoms with E-state index in [4.69, 9.17) is 0 Å². The van der Waals surface area contributed by atoms with E-state index in [0.29, 0.717) is 17.3 Å². The Labute approximate surface area is 152 Å². The molecule has 1 unspecified atom stereocenters. The fraction of sp³-hybridized carbons (Fsp3) is 0.368. The normalized spacial score (nSPS) is 17.4. The number of piperidine rings is 1. The third-order valence-corrected chi connectivity index (χ3v) is 4.75. The van der Waals surface area contributed by atoms with Crippen LogP contribution >= 0.6 is 12.4 Å². The number of imidazole rings is 1. The van der Waals surface area contributed by atoms with Gasteiger partial charge in [0.2, 0.25) is 0 Å². The zero-order valence-corrected chi connectivity index (χ0v) is 14.8. The number of hydrogen-bond donors (Lipinski definition) is 1. The van der Waals surface area contributed by atoms with Crippen LogP contribution in [-0.4, -0.2) is 27.1 Å². The van der Waals surface area contributed by atoms with Crippen LogP contribution in [0.3, 0.4) is 0 Å². The molecule has 3 heterocycles. The lowest BCUT2D eigenvalue weighted by molar-refractivity contribution is 0.367. The van der Waals surface area contributed by atoms with Crippen LogP contribution in [0.1, 0.15) is 25.7 Å². The molecule has 1 atom stereocenters. The molecule has 6 heteroatoms. The predicted octanol–water partition coefficient (Wildman–Crippen LogP) is 4.19. The number of nitrogens with zero attached hydrogens (tertiary/aromatic N) is 3. The summed E-state index contributed by atoms with van der Waals surface area (Å²) < 4.78 is 16.1. The number of aromatic nitrogens is 3. The van der Waals surface area contributed by atoms with Gasteiger partial charge in [-0.1, -0.05) is 24.6 Å². The Balaban J connectivity index is 0.00000182. The minimum atomic E-state index is -0.293. The number of nitrogens with one attached hydrogen (secondary N) is 1. The molecule has 1 N–H and O–H groups in total. The van der Waals surface area contributed by atoms with E-state index in [2.05, 4.69) is 19.9 Å². The minimum absolute atomic E-state index is 0. The SMILES string of the molecule is Cl.Fc1cccc2ccc(-c3nccn3CCC3CCCCN3)nc12. The highest BCUT2D eigenvalue weighted by Gasteiger charge is 2.14. The molecule has 0 spiro atoms. The Hall–Kier alpha value is -1.98. The predicted molar refractivity (Wildman–Crippen MR) is 100 cm³/mol. The summed E-state index contributed by atoms with van der Waals surface area (Å²) in [6, 6.07) is 9.42. The Morgan fingerprint density at radius 1 is 1.20 bits per heavy atom. The second-order valence-corrected chi connectivity index (χ2v) is 6.39. The maximum Gasteiger partial charge on any atom is 0.158 e. The van der Waals surface area contributed by atoms with E-state index in [1.54, 1.807) is 12.3 Å². The van der Waals surface area contributed by atoms with Crippen molar-refractivity contribution < 1.29 is 4.39 Å². The number of rotatable bonds is 4. The third kappa shape index (κ3) is 3.83. The van der Waals surface area contributed by atoms with Gasteiger partial charge >= 0.3 is 0 Å². The standard InChI is InChI=1S/C19H21FN4.ClH/c20-16-6-3-4-14-7-8-17(23-18(14)16)19-22-11-13-24(19)12-9-15-5-1-2-10-21-15;/h3-4,6-8,11,13,15,21H,1-2,5,9-10,12H2;1H. The summed E-state index contributed by atoms with van der Waals surface area (Å²) in [4.78, 5) is 8.94. The molecule has 4 rings (SSSR count). The molecule has 2 aromatic heterocycles. The van der Waals surface area contributed by atoms with Crippen molar-refractivity contribution in [2.75, 3.05) is 6.54 Å². The van der Waals surface area contributed by atoms with E-state index in [-0.39, 0.29) is 18.2 Å². The van der Waals surface area contributed by atoms with Crippen LogP contribution in [-0.2, 0) is 6.54 Å². The van der Waals surface area contributed by atoms with E-state index in [9.17, 15) is 4.39 Å². The molecule has 1 saturated heterocycles. The van der Waals surface area contributed by atoms with Gasteiger partial charge in [0.15, 0.2) is 5.82 Å². The average molecular weight is 361 g/mol. The highest BCUT2D eigenvalue weighted by Crippen LogP contribution is 2.22. The Morgan fingerprint density at radius 2 is 2.12 bits per heavy atom. The summed E-state index contributed by atoms with van der Waals surface area (Å²) in [7, 11) is 0.